The third kappa shape index (κ3) is 4.46. The zero-order valence-corrected chi connectivity index (χ0v) is 17.3. The van der Waals surface area contributed by atoms with Crippen LogP contribution in [0.5, 0.6) is 5.88 Å². The molecule has 2 aromatic heterocycles. The van der Waals surface area contributed by atoms with Crippen LogP contribution in [0.3, 0.4) is 0 Å². The molecule has 0 aliphatic carbocycles. The second-order valence-corrected chi connectivity index (χ2v) is 7.24. The zero-order chi connectivity index (χ0) is 18.8. The van der Waals surface area contributed by atoms with Gasteiger partial charge in [0.25, 0.3) is 5.89 Å². The number of hydrogen-bond donors (Lipinski definition) is 1. The molecule has 8 heteroatoms. The number of pyridine rings is 1. The number of benzene rings is 1. The van der Waals surface area contributed by atoms with E-state index in [0.717, 1.165) is 31.5 Å². The van der Waals surface area contributed by atoms with Gasteiger partial charge < -0.3 is 14.6 Å². The van der Waals surface area contributed by atoms with Crippen LogP contribution in [0.4, 0.5) is 0 Å². The fraction of sp³-hybridized carbons (Fsp3) is 0.350. The second-order valence-electron chi connectivity index (χ2n) is 6.83. The molecule has 1 aromatic carbocycles. The van der Waals surface area contributed by atoms with E-state index < -0.39 is 0 Å². The van der Waals surface area contributed by atoms with Crippen molar-refractivity contribution in [2.75, 3.05) is 13.1 Å². The largest absolute Gasteiger partial charge is 0.474 e. The lowest BCUT2D eigenvalue weighted by Crippen LogP contribution is -2.16. The summed E-state index contributed by atoms with van der Waals surface area (Å²) in [6.45, 7) is 5.85. The molecule has 4 rings (SSSR count). The Labute approximate surface area is 175 Å². The summed E-state index contributed by atoms with van der Waals surface area (Å²) >= 11 is 6.26. The smallest absolute Gasteiger partial charge is 0.259 e. The molecule has 0 spiro atoms. The number of fused-ring (bicyclic) bond motifs is 1. The fourth-order valence-electron chi connectivity index (χ4n) is 3.12. The van der Waals surface area contributed by atoms with E-state index in [0.29, 0.717) is 28.2 Å². The van der Waals surface area contributed by atoms with Gasteiger partial charge in [-0.1, -0.05) is 28.9 Å². The minimum Gasteiger partial charge on any atom is -0.474 e. The highest BCUT2D eigenvalue weighted by molar-refractivity contribution is 6.32. The topological polar surface area (TPSA) is 73.1 Å². The van der Waals surface area contributed by atoms with Gasteiger partial charge in [0.1, 0.15) is 5.02 Å². The molecule has 0 saturated heterocycles. The van der Waals surface area contributed by atoms with Gasteiger partial charge in [-0.15, -0.1) is 12.4 Å². The van der Waals surface area contributed by atoms with Gasteiger partial charge in [0.15, 0.2) is 0 Å². The molecule has 3 aromatic rings. The van der Waals surface area contributed by atoms with Crippen LogP contribution in [0.2, 0.25) is 5.02 Å². The first-order chi connectivity index (χ1) is 13.1. The van der Waals surface area contributed by atoms with Crippen molar-refractivity contribution in [2.45, 2.75) is 32.8 Å². The van der Waals surface area contributed by atoms with Crippen molar-refractivity contribution >= 4 is 24.0 Å². The normalized spacial score (nSPS) is 13.6. The molecule has 0 bridgehead atoms. The number of halogens is 2. The Balaban J connectivity index is 0.00000225. The number of ether oxygens (including phenoxy) is 1. The molecular weight excluding hydrogens is 399 g/mol. The van der Waals surface area contributed by atoms with E-state index in [1.54, 1.807) is 12.3 Å². The van der Waals surface area contributed by atoms with E-state index in [1.165, 1.54) is 11.1 Å². The average molecular weight is 421 g/mol. The third-order valence-electron chi connectivity index (χ3n) is 4.43. The monoisotopic (exact) mass is 420 g/mol. The van der Waals surface area contributed by atoms with Crippen LogP contribution < -0.4 is 10.1 Å². The number of hydrogen-bond acceptors (Lipinski definition) is 6. The molecule has 1 aliphatic heterocycles. The van der Waals surface area contributed by atoms with Crippen LogP contribution >= 0.6 is 24.0 Å². The van der Waals surface area contributed by atoms with Crippen molar-refractivity contribution in [3.63, 3.8) is 0 Å². The standard InChI is InChI=1S/C20H21ClN4O2.ClH/c1-12(2)26-20-17(21)10-16(11-23-20)19-24-18(25-27-19)15-4-3-13-5-7-22-8-6-14(13)9-15;/h3-4,9-12,22H,5-8H2,1-2H3;1H. The summed E-state index contributed by atoms with van der Waals surface area (Å²) in [7, 11) is 0. The van der Waals surface area contributed by atoms with Crippen molar-refractivity contribution in [1.82, 2.24) is 20.4 Å². The van der Waals surface area contributed by atoms with E-state index in [1.807, 2.05) is 19.9 Å². The number of aromatic nitrogens is 3. The van der Waals surface area contributed by atoms with E-state index >= 15 is 0 Å². The van der Waals surface area contributed by atoms with Gasteiger partial charge in [-0.3, -0.25) is 0 Å². The Morgan fingerprint density at radius 2 is 1.89 bits per heavy atom. The van der Waals surface area contributed by atoms with Gasteiger partial charge >= 0.3 is 0 Å². The van der Waals surface area contributed by atoms with E-state index in [4.69, 9.17) is 20.9 Å². The Morgan fingerprint density at radius 1 is 1.11 bits per heavy atom. The lowest BCUT2D eigenvalue weighted by molar-refractivity contribution is 0.233. The molecular formula is C20H22Cl2N4O2. The average Bonchev–Trinajstić information content (AvgIpc) is 3.02. The van der Waals surface area contributed by atoms with Crippen LogP contribution in [0.25, 0.3) is 22.8 Å². The maximum atomic E-state index is 6.26. The number of nitrogens with one attached hydrogen (secondary N) is 1. The van der Waals surface area contributed by atoms with E-state index in [-0.39, 0.29) is 18.5 Å². The summed E-state index contributed by atoms with van der Waals surface area (Å²) in [6, 6.07) is 8.09. The van der Waals surface area contributed by atoms with Crippen molar-refractivity contribution in [1.29, 1.82) is 0 Å². The predicted octanol–water partition coefficient (Wildman–Crippen LogP) is 4.35. The van der Waals surface area contributed by atoms with Gasteiger partial charge in [0.2, 0.25) is 11.7 Å². The van der Waals surface area contributed by atoms with Gasteiger partial charge in [0.05, 0.1) is 11.7 Å². The summed E-state index contributed by atoms with van der Waals surface area (Å²) < 4.78 is 11.0. The number of rotatable bonds is 4. The number of nitrogens with zero attached hydrogens (tertiary/aromatic N) is 3. The summed E-state index contributed by atoms with van der Waals surface area (Å²) in [5.41, 5.74) is 4.33. The molecule has 1 aliphatic rings. The lowest BCUT2D eigenvalue weighted by Gasteiger charge is -2.09. The van der Waals surface area contributed by atoms with E-state index in [9.17, 15) is 0 Å². The van der Waals surface area contributed by atoms with Crippen molar-refractivity contribution in [3.05, 3.63) is 46.6 Å². The summed E-state index contributed by atoms with van der Waals surface area (Å²) in [4.78, 5) is 8.78. The first-order valence-electron chi connectivity index (χ1n) is 9.09. The first-order valence-corrected chi connectivity index (χ1v) is 9.47. The Morgan fingerprint density at radius 3 is 2.64 bits per heavy atom. The summed E-state index contributed by atoms with van der Waals surface area (Å²) in [5, 5.41) is 7.97. The zero-order valence-electron chi connectivity index (χ0n) is 15.7. The molecule has 0 saturated carbocycles. The molecule has 3 heterocycles. The van der Waals surface area contributed by atoms with E-state index in [2.05, 4.69) is 32.6 Å². The van der Waals surface area contributed by atoms with Crippen molar-refractivity contribution in [3.8, 4) is 28.7 Å². The summed E-state index contributed by atoms with van der Waals surface area (Å²) in [6.07, 6.45) is 3.68. The molecule has 0 atom stereocenters. The van der Waals surface area contributed by atoms with Crippen molar-refractivity contribution < 1.29 is 9.26 Å². The SMILES string of the molecule is CC(C)Oc1ncc(-c2nc(-c3ccc4c(c3)CCNCC4)no2)cc1Cl.Cl. The fourth-order valence-corrected chi connectivity index (χ4v) is 3.33. The Hall–Kier alpha value is -2.15. The highest BCUT2D eigenvalue weighted by Crippen LogP contribution is 2.29. The quantitative estimate of drug-likeness (QED) is 0.675. The van der Waals surface area contributed by atoms with Crippen LogP contribution in [-0.4, -0.2) is 34.3 Å². The lowest BCUT2D eigenvalue weighted by atomic mass is 10.00. The van der Waals surface area contributed by atoms with Gasteiger partial charge in [-0.25, -0.2) is 4.98 Å². The van der Waals surface area contributed by atoms with Crippen molar-refractivity contribution in [2.24, 2.45) is 0 Å². The second kappa shape index (κ2) is 8.90. The molecule has 0 radical (unpaired) electrons. The molecule has 28 heavy (non-hydrogen) atoms. The molecule has 148 valence electrons. The van der Waals surface area contributed by atoms with Gasteiger partial charge in [-0.2, -0.15) is 4.98 Å². The van der Waals surface area contributed by atoms with Crippen LogP contribution in [0, 0.1) is 0 Å². The Kier molecular flexibility index (Phi) is 6.54. The highest BCUT2D eigenvalue weighted by atomic mass is 35.5. The van der Waals surface area contributed by atoms with Crippen LogP contribution in [0.15, 0.2) is 35.0 Å². The molecule has 0 fully saturated rings. The predicted molar refractivity (Wildman–Crippen MR) is 111 cm³/mol. The highest BCUT2D eigenvalue weighted by Gasteiger charge is 2.16. The minimum absolute atomic E-state index is 0. The minimum atomic E-state index is -0.000680. The van der Waals surface area contributed by atoms with Gasteiger partial charge in [0, 0.05) is 11.8 Å². The first kappa shape index (κ1) is 20.6. The molecule has 0 unspecified atom stereocenters. The molecule has 1 N–H and O–H groups in total. The van der Waals surface area contributed by atoms with Gasteiger partial charge in [-0.05, 0) is 63.0 Å². The maximum Gasteiger partial charge on any atom is 0.259 e. The maximum absolute atomic E-state index is 6.26. The Bertz CT molecular complexity index is 959. The van der Waals surface area contributed by atoms with Crippen LogP contribution in [0.1, 0.15) is 25.0 Å². The third-order valence-corrected chi connectivity index (χ3v) is 4.71. The summed E-state index contributed by atoms with van der Waals surface area (Å²) in [5.74, 6) is 1.34. The molecule has 6 nitrogen and oxygen atoms in total. The van der Waals surface area contributed by atoms with Crippen LogP contribution in [-0.2, 0) is 12.8 Å². The molecule has 0 amide bonds.